The second-order valence-electron chi connectivity index (χ2n) is 4.86. The van der Waals surface area contributed by atoms with Crippen LogP contribution in [0.4, 0.5) is 0 Å². The Kier molecular flexibility index (Phi) is 4.71. The van der Waals surface area contributed by atoms with Crippen molar-refractivity contribution >= 4 is 0 Å². The zero-order valence-corrected chi connectivity index (χ0v) is 11.8. The Morgan fingerprint density at radius 1 is 1.26 bits per heavy atom. The highest BCUT2D eigenvalue weighted by Gasteiger charge is 2.06. The summed E-state index contributed by atoms with van der Waals surface area (Å²) in [5.74, 6) is 0.990. The molecule has 0 atom stereocenters. The minimum absolute atomic E-state index is 0.838. The van der Waals surface area contributed by atoms with E-state index in [0.29, 0.717) is 0 Å². The number of hydrogen-bond donors (Lipinski definition) is 1. The molecule has 2 aromatic rings. The SMILES string of the molecule is CNCc1ccc(CN(C)Cc2ccoc2C)nc1. The molecule has 0 aliphatic rings. The summed E-state index contributed by atoms with van der Waals surface area (Å²) in [6, 6.07) is 6.23. The van der Waals surface area contributed by atoms with Crippen molar-refractivity contribution in [3.05, 3.63) is 53.2 Å². The molecule has 0 spiro atoms. The first-order chi connectivity index (χ1) is 9.19. The zero-order valence-electron chi connectivity index (χ0n) is 11.8. The van der Waals surface area contributed by atoms with Gasteiger partial charge in [-0.1, -0.05) is 6.07 Å². The predicted molar refractivity (Wildman–Crippen MR) is 75.6 cm³/mol. The van der Waals surface area contributed by atoms with E-state index in [4.69, 9.17) is 4.42 Å². The first-order valence-corrected chi connectivity index (χ1v) is 6.49. The summed E-state index contributed by atoms with van der Waals surface area (Å²) in [5.41, 5.74) is 3.53. The van der Waals surface area contributed by atoms with E-state index in [-0.39, 0.29) is 0 Å². The number of nitrogens with zero attached hydrogens (tertiary/aromatic N) is 2. The average molecular weight is 259 g/mol. The Morgan fingerprint density at radius 3 is 2.68 bits per heavy atom. The van der Waals surface area contributed by atoms with Gasteiger partial charge in [-0.15, -0.1) is 0 Å². The smallest absolute Gasteiger partial charge is 0.105 e. The van der Waals surface area contributed by atoms with Crippen LogP contribution in [0.3, 0.4) is 0 Å². The largest absolute Gasteiger partial charge is 0.469 e. The Bertz CT molecular complexity index is 504. The van der Waals surface area contributed by atoms with Gasteiger partial charge in [0.15, 0.2) is 0 Å². The molecular weight excluding hydrogens is 238 g/mol. The number of aromatic nitrogens is 1. The highest BCUT2D eigenvalue weighted by Crippen LogP contribution is 2.12. The summed E-state index contributed by atoms with van der Waals surface area (Å²) in [6.07, 6.45) is 3.67. The maximum atomic E-state index is 5.31. The molecule has 19 heavy (non-hydrogen) atoms. The van der Waals surface area contributed by atoms with Gasteiger partial charge in [0.2, 0.25) is 0 Å². The topological polar surface area (TPSA) is 41.3 Å². The minimum Gasteiger partial charge on any atom is -0.469 e. The van der Waals surface area contributed by atoms with E-state index in [2.05, 4.69) is 34.4 Å². The standard InChI is InChI=1S/C15H21N3O/c1-12-14(6-7-19-12)10-18(3)11-15-5-4-13(8-16-2)9-17-15/h4-7,9,16H,8,10-11H2,1-3H3. The van der Waals surface area contributed by atoms with E-state index in [1.54, 1.807) is 6.26 Å². The van der Waals surface area contributed by atoms with E-state index < -0.39 is 0 Å². The molecule has 2 aromatic heterocycles. The van der Waals surface area contributed by atoms with Crippen molar-refractivity contribution in [3.63, 3.8) is 0 Å². The Balaban J connectivity index is 1.91. The van der Waals surface area contributed by atoms with Crippen LogP contribution in [0.5, 0.6) is 0 Å². The van der Waals surface area contributed by atoms with Crippen LogP contribution in [-0.4, -0.2) is 24.0 Å². The fourth-order valence-corrected chi connectivity index (χ4v) is 2.06. The molecule has 0 saturated heterocycles. The Morgan fingerprint density at radius 2 is 2.11 bits per heavy atom. The molecule has 2 heterocycles. The number of pyridine rings is 1. The van der Waals surface area contributed by atoms with Gasteiger partial charge in [-0.2, -0.15) is 0 Å². The molecule has 0 bridgehead atoms. The monoisotopic (exact) mass is 259 g/mol. The van der Waals surface area contributed by atoms with E-state index >= 15 is 0 Å². The van der Waals surface area contributed by atoms with E-state index in [1.807, 2.05) is 26.2 Å². The van der Waals surface area contributed by atoms with Gasteiger partial charge in [0.25, 0.3) is 0 Å². The van der Waals surface area contributed by atoms with Gasteiger partial charge in [0.05, 0.1) is 12.0 Å². The van der Waals surface area contributed by atoms with Crippen LogP contribution in [-0.2, 0) is 19.6 Å². The maximum Gasteiger partial charge on any atom is 0.105 e. The number of aryl methyl sites for hydroxylation is 1. The van der Waals surface area contributed by atoms with Gasteiger partial charge in [-0.05, 0) is 38.7 Å². The van der Waals surface area contributed by atoms with Gasteiger partial charge in [-0.25, -0.2) is 0 Å². The summed E-state index contributed by atoms with van der Waals surface area (Å²) in [4.78, 5) is 6.72. The number of rotatable bonds is 6. The lowest BCUT2D eigenvalue weighted by Gasteiger charge is -2.15. The summed E-state index contributed by atoms with van der Waals surface area (Å²) in [5, 5.41) is 3.12. The van der Waals surface area contributed by atoms with Crippen LogP contribution in [0.15, 0.2) is 35.1 Å². The van der Waals surface area contributed by atoms with Crippen molar-refractivity contribution in [3.8, 4) is 0 Å². The molecule has 0 radical (unpaired) electrons. The fraction of sp³-hybridized carbons (Fsp3) is 0.400. The molecule has 1 N–H and O–H groups in total. The second-order valence-corrected chi connectivity index (χ2v) is 4.86. The highest BCUT2D eigenvalue weighted by molar-refractivity contribution is 5.16. The third-order valence-electron chi connectivity index (χ3n) is 3.11. The number of furan rings is 1. The van der Waals surface area contributed by atoms with Crippen LogP contribution in [0.2, 0.25) is 0 Å². The molecule has 0 saturated carbocycles. The molecule has 4 heteroatoms. The zero-order chi connectivity index (χ0) is 13.7. The summed E-state index contributed by atoms with van der Waals surface area (Å²) >= 11 is 0. The summed E-state index contributed by atoms with van der Waals surface area (Å²) in [7, 11) is 4.03. The van der Waals surface area contributed by atoms with Crippen molar-refractivity contribution in [2.75, 3.05) is 14.1 Å². The van der Waals surface area contributed by atoms with Crippen molar-refractivity contribution in [2.45, 2.75) is 26.6 Å². The van der Waals surface area contributed by atoms with E-state index in [0.717, 1.165) is 31.1 Å². The molecular formula is C15H21N3O. The van der Waals surface area contributed by atoms with Gasteiger partial charge in [0, 0.05) is 31.4 Å². The molecule has 0 aliphatic carbocycles. The first kappa shape index (κ1) is 13.8. The van der Waals surface area contributed by atoms with Gasteiger partial charge in [0.1, 0.15) is 5.76 Å². The lowest BCUT2D eigenvalue weighted by Crippen LogP contribution is -2.18. The molecule has 2 rings (SSSR count). The van der Waals surface area contributed by atoms with Crippen molar-refractivity contribution < 1.29 is 4.42 Å². The quantitative estimate of drug-likeness (QED) is 0.864. The fourth-order valence-electron chi connectivity index (χ4n) is 2.06. The maximum absolute atomic E-state index is 5.31. The average Bonchev–Trinajstić information content (AvgIpc) is 2.78. The van der Waals surface area contributed by atoms with Crippen molar-refractivity contribution in [1.29, 1.82) is 0 Å². The van der Waals surface area contributed by atoms with Crippen LogP contribution in [0.25, 0.3) is 0 Å². The van der Waals surface area contributed by atoms with E-state index in [9.17, 15) is 0 Å². The molecule has 102 valence electrons. The lowest BCUT2D eigenvalue weighted by molar-refractivity contribution is 0.312. The van der Waals surface area contributed by atoms with Crippen molar-refractivity contribution in [1.82, 2.24) is 15.2 Å². The van der Waals surface area contributed by atoms with Crippen LogP contribution < -0.4 is 5.32 Å². The Labute approximate surface area is 114 Å². The van der Waals surface area contributed by atoms with Gasteiger partial charge >= 0.3 is 0 Å². The molecule has 0 aliphatic heterocycles. The van der Waals surface area contributed by atoms with Gasteiger partial charge < -0.3 is 9.73 Å². The summed E-state index contributed by atoms with van der Waals surface area (Å²) in [6.45, 7) is 4.57. The van der Waals surface area contributed by atoms with Crippen LogP contribution >= 0.6 is 0 Å². The molecule has 4 nitrogen and oxygen atoms in total. The molecule has 0 amide bonds. The van der Waals surface area contributed by atoms with Gasteiger partial charge in [-0.3, -0.25) is 9.88 Å². The third-order valence-corrected chi connectivity index (χ3v) is 3.11. The molecule has 0 fully saturated rings. The normalized spacial score (nSPS) is 11.2. The predicted octanol–water partition coefficient (Wildman–Crippen LogP) is 2.33. The summed E-state index contributed by atoms with van der Waals surface area (Å²) < 4.78 is 5.31. The van der Waals surface area contributed by atoms with Crippen LogP contribution in [0.1, 0.15) is 22.6 Å². The number of nitrogens with one attached hydrogen (secondary N) is 1. The molecule has 0 unspecified atom stereocenters. The van der Waals surface area contributed by atoms with Crippen molar-refractivity contribution in [2.24, 2.45) is 0 Å². The highest BCUT2D eigenvalue weighted by atomic mass is 16.3. The minimum atomic E-state index is 0.838. The second kappa shape index (κ2) is 6.50. The molecule has 0 aromatic carbocycles. The van der Waals surface area contributed by atoms with E-state index in [1.165, 1.54) is 11.1 Å². The first-order valence-electron chi connectivity index (χ1n) is 6.49. The Hall–Kier alpha value is -1.65. The lowest BCUT2D eigenvalue weighted by atomic mass is 10.2. The number of hydrogen-bond acceptors (Lipinski definition) is 4. The van der Waals surface area contributed by atoms with Crippen LogP contribution in [0, 0.1) is 6.92 Å². The third kappa shape index (κ3) is 3.91.